The summed E-state index contributed by atoms with van der Waals surface area (Å²) in [5, 5.41) is 4.33. The highest BCUT2D eigenvalue weighted by atomic mass is 32.2. The zero-order valence-corrected chi connectivity index (χ0v) is 17.9. The monoisotopic (exact) mass is 448 g/mol. The Bertz CT molecular complexity index is 1180. The van der Waals surface area contributed by atoms with Crippen LogP contribution in [-0.2, 0) is 14.3 Å². The lowest BCUT2D eigenvalue weighted by Gasteiger charge is -2.48. The van der Waals surface area contributed by atoms with Crippen LogP contribution in [0, 0.1) is 0 Å². The predicted octanol–water partition coefficient (Wildman–Crippen LogP) is 0.381. The van der Waals surface area contributed by atoms with Gasteiger partial charge in [0.05, 0.1) is 19.1 Å². The second kappa shape index (κ2) is 7.73. The molecule has 2 atom stereocenters. The van der Waals surface area contributed by atoms with Gasteiger partial charge in [0, 0.05) is 31.7 Å². The summed E-state index contributed by atoms with van der Waals surface area (Å²) in [7, 11) is -3.45. The van der Waals surface area contributed by atoms with E-state index in [0.29, 0.717) is 29.9 Å². The summed E-state index contributed by atoms with van der Waals surface area (Å²) in [6.45, 7) is 2.38. The molecule has 31 heavy (non-hydrogen) atoms. The first-order valence-electron chi connectivity index (χ1n) is 10.2. The van der Waals surface area contributed by atoms with Crippen molar-refractivity contribution in [2.24, 2.45) is 0 Å². The molecule has 0 unspecified atom stereocenters. The summed E-state index contributed by atoms with van der Waals surface area (Å²) < 4.78 is 34.6. The lowest BCUT2D eigenvalue weighted by atomic mass is 9.94. The van der Waals surface area contributed by atoms with Crippen molar-refractivity contribution in [2.45, 2.75) is 31.3 Å². The highest BCUT2D eigenvalue weighted by molar-refractivity contribution is 7.85. The van der Waals surface area contributed by atoms with E-state index in [9.17, 15) is 8.42 Å². The molecule has 0 amide bonds. The van der Waals surface area contributed by atoms with Gasteiger partial charge in [-0.25, -0.2) is 0 Å². The third kappa shape index (κ3) is 4.07. The first kappa shape index (κ1) is 20.2. The van der Waals surface area contributed by atoms with Gasteiger partial charge >= 0.3 is 0 Å². The number of rotatable bonds is 5. The smallest absolute Gasteiger partial charge is 0.264 e. The minimum Gasteiger partial charge on any atom is -0.461 e. The molecule has 0 bridgehead atoms. The van der Waals surface area contributed by atoms with Gasteiger partial charge in [0.25, 0.3) is 15.9 Å². The van der Waals surface area contributed by atoms with Gasteiger partial charge in [-0.1, -0.05) is 6.42 Å². The van der Waals surface area contributed by atoms with E-state index in [-0.39, 0.29) is 24.6 Å². The number of nitrogens with two attached hydrogens (primary N) is 1. The third-order valence-corrected chi connectivity index (χ3v) is 6.36. The van der Waals surface area contributed by atoms with Gasteiger partial charge in [0.2, 0.25) is 17.7 Å². The number of nitrogen functional groups attached to an aromatic ring is 1. The van der Waals surface area contributed by atoms with Crippen LogP contribution in [0.5, 0.6) is 0 Å². The van der Waals surface area contributed by atoms with Crippen molar-refractivity contribution in [3.05, 3.63) is 18.4 Å². The summed E-state index contributed by atoms with van der Waals surface area (Å²) in [6.07, 6.45) is 5.61. The van der Waals surface area contributed by atoms with Gasteiger partial charge in [-0.05, 0) is 25.0 Å². The van der Waals surface area contributed by atoms with Crippen LogP contribution < -0.4 is 10.6 Å². The van der Waals surface area contributed by atoms with Crippen molar-refractivity contribution >= 4 is 27.8 Å². The van der Waals surface area contributed by atoms with Gasteiger partial charge < -0.3 is 15.1 Å². The second-order valence-corrected chi connectivity index (χ2v) is 9.56. The van der Waals surface area contributed by atoms with Crippen LogP contribution in [0.3, 0.4) is 0 Å². The molecule has 166 valence electrons. The van der Waals surface area contributed by atoms with E-state index in [0.717, 1.165) is 38.6 Å². The molecule has 0 aromatic carbocycles. The first-order valence-corrected chi connectivity index (χ1v) is 12.0. The number of furan rings is 1. The zero-order chi connectivity index (χ0) is 21.6. The third-order valence-electron chi connectivity index (χ3n) is 5.79. The molecule has 13 heteroatoms. The van der Waals surface area contributed by atoms with Crippen LogP contribution in [0.2, 0.25) is 0 Å². The zero-order valence-electron chi connectivity index (χ0n) is 17.1. The maximum atomic E-state index is 11.4. The van der Waals surface area contributed by atoms with Gasteiger partial charge in [0.1, 0.15) is 0 Å². The lowest BCUT2D eigenvalue weighted by Crippen LogP contribution is -2.59. The summed E-state index contributed by atoms with van der Waals surface area (Å²) in [6, 6.07) is 3.90. The molecule has 0 saturated carbocycles. The fourth-order valence-corrected chi connectivity index (χ4v) is 4.77. The number of hydrogen-bond acceptors (Lipinski definition) is 11. The van der Waals surface area contributed by atoms with Crippen LogP contribution in [0.1, 0.15) is 19.3 Å². The van der Waals surface area contributed by atoms with Crippen LogP contribution in [0.4, 0.5) is 11.9 Å². The maximum Gasteiger partial charge on any atom is 0.264 e. The van der Waals surface area contributed by atoms with E-state index in [4.69, 9.17) is 14.3 Å². The second-order valence-electron chi connectivity index (χ2n) is 7.92. The van der Waals surface area contributed by atoms with Crippen molar-refractivity contribution in [3.63, 3.8) is 0 Å². The Hall–Kier alpha value is -2.77. The van der Waals surface area contributed by atoms with Gasteiger partial charge in [-0.3, -0.25) is 9.08 Å². The number of fused-ring (bicyclic) bond motifs is 2. The van der Waals surface area contributed by atoms with Crippen LogP contribution in [0.15, 0.2) is 22.8 Å². The van der Waals surface area contributed by atoms with Crippen LogP contribution >= 0.6 is 0 Å². The fraction of sp³-hybridized carbons (Fsp3) is 0.556. The summed E-state index contributed by atoms with van der Waals surface area (Å²) >= 11 is 0. The SMILES string of the molecule is CS(=O)(=O)OC[C@H]1CCC[C@H]2CN(c3nc(N)n4nc(-c5ccco5)nc4n3)CCN12. The summed E-state index contributed by atoms with van der Waals surface area (Å²) in [5.41, 5.74) is 6.13. The number of piperazine rings is 1. The fourth-order valence-electron chi connectivity index (χ4n) is 4.37. The van der Waals surface area contributed by atoms with E-state index in [1.54, 1.807) is 18.4 Å². The highest BCUT2D eigenvalue weighted by Crippen LogP contribution is 2.28. The number of piperidine rings is 1. The maximum absolute atomic E-state index is 11.4. The van der Waals surface area contributed by atoms with E-state index in [1.165, 1.54) is 4.52 Å². The first-order chi connectivity index (χ1) is 14.9. The topological polar surface area (TPSA) is 145 Å². The number of anilines is 2. The summed E-state index contributed by atoms with van der Waals surface area (Å²) in [4.78, 5) is 17.9. The quantitative estimate of drug-likeness (QED) is 0.541. The van der Waals surface area contributed by atoms with Crippen molar-refractivity contribution in [1.82, 2.24) is 29.5 Å². The van der Waals surface area contributed by atoms with Crippen molar-refractivity contribution in [2.75, 3.05) is 43.1 Å². The minimum atomic E-state index is -3.45. The normalized spacial score (nSPS) is 22.7. The van der Waals surface area contributed by atoms with E-state index in [2.05, 4.69) is 29.9 Å². The Morgan fingerprint density at radius 3 is 2.90 bits per heavy atom. The number of aromatic nitrogens is 5. The number of hydrogen-bond donors (Lipinski definition) is 1. The van der Waals surface area contributed by atoms with Gasteiger partial charge in [-0.15, -0.1) is 5.10 Å². The Kier molecular flexibility index (Phi) is 5.02. The largest absolute Gasteiger partial charge is 0.461 e. The molecule has 2 saturated heterocycles. The predicted molar refractivity (Wildman–Crippen MR) is 112 cm³/mol. The molecule has 2 N–H and O–H groups in total. The van der Waals surface area contributed by atoms with E-state index < -0.39 is 10.1 Å². The number of nitrogens with zero attached hydrogens (tertiary/aromatic N) is 7. The highest BCUT2D eigenvalue weighted by Gasteiger charge is 2.36. The molecular formula is C18H24N8O4S. The molecule has 2 aliphatic heterocycles. The van der Waals surface area contributed by atoms with Gasteiger partial charge in [0.15, 0.2) is 5.76 Å². The van der Waals surface area contributed by atoms with Crippen LogP contribution in [0.25, 0.3) is 17.4 Å². The van der Waals surface area contributed by atoms with E-state index >= 15 is 0 Å². The molecule has 2 aliphatic rings. The molecule has 3 aromatic heterocycles. The van der Waals surface area contributed by atoms with Crippen LogP contribution in [-0.4, -0.2) is 82.5 Å². The van der Waals surface area contributed by atoms with Crippen molar-refractivity contribution < 1.29 is 17.0 Å². The average Bonchev–Trinajstić information content (AvgIpc) is 3.41. The Morgan fingerprint density at radius 1 is 1.26 bits per heavy atom. The van der Waals surface area contributed by atoms with Gasteiger partial charge in [-0.2, -0.15) is 27.9 Å². The molecule has 0 spiro atoms. The van der Waals surface area contributed by atoms with Crippen molar-refractivity contribution in [3.8, 4) is 11.6 Å². The Morgan fingerprint density at radius 2 is 2.13 bits per heavy atom. The molecular weight excluding hydrogens is 424 g/mol. The molecule has 5 heterocycles. The Balaban J connectivity index is 1.34. The molecule has 3 aromatic rings. The molecule has 2 fully saturated rings. The standard InChI is InChI=1S/C18H24N8O4S/c1-31(27,28)30-11-13-5-2-4-12-10-24(7-8-25(12)13)17-21-16(19)26-18(22-17)20-15(23-26)14-6-3-9-29-14/h3,6,9,12-13H,2,4-5,7-8,10-11H2,1H3,(H2,19,20,21,22,23)/t12-,13+/m0/s1. The Labute approximate surface area is 179 Å². The van der Waals surface area contributed by atoms with E-state index in [1.807, 2.05) is 0 Å². The minimum absolute atomic E-state index is 0.0939. The molecule has 0 aliphatic carbocycles. The molecule has 12 nitrogen and oxygen atoms in total. The summed E-state index contributed by atoms with van der Waals surface area (Å²) in [5.74, 6) is 2.01. The molecule has 5 rings (SSSR count). The molecule has 0 radical (unpaired) electrons. The average molecular weight is 449 g/mol. The lowest BCUT2D eigenvalue weighted by molar-refractivity contribution is 0.0448. The van der Waals surface area contributed by atoms with Crippen molar-refractivity contribution in [1.29, 1.82) is 0 Å².